The van der Waals surface area contributed by atoms with Crippen molar-refractivity contribution >= 4 is 34.7 Å². The van der Waals surface area contributed by atoms with Gasteiger partial charge in [0.2, 0.25) is 0 Å². The maximum atomic E-state index is 12.2. The number of amides is 1. The Morgan fingerprint density at radius 1 is 1.52 bits per heavy atom. The average molecular weight is 324 g/mol. The van der Waals surface area contributed by atoms with E-state index < -0.39 is 0 Å². The van der Waals surface area contributed by atoms with Gasteiger partial charge in [0.1, 0.15) is 5.82 Å². The van der Waals surface area contributed by atoms with Crippen molar-refractivity contribution in [1.82, 2.24) is 10.3 Å². The summed E-state index contributed by atoms with van der Waals surface area (Å²) in [7, 11) is 0. The van der Waals surface area contributed by atoms with E-state index in [1.807, 2.05) is 25.3 Å². The fourth-order valence-corrected chi connectivity index (χ4v) is 3.02. The summed E-state index contributed by atoms with van der Waals surface area (Å²) in [5.41, 5.74) is 0.472. The first-order chi connectivity index (χ1) is 10.1. The summed E-state index contributed by atoms with van der Waals surface area (Å²) < 4.78 is 0. The third kappa shape index (κ3) is 4.44. The number of pyridine rings is 1. The first-order valence-corrected chi connectivity index (χ1v) is 8.08. The van der Waals surface area contributed by atoms with Crippen LogP contribution in [0.2, 0.25) is 5.02 Å². The molecule has 2 heterocycles. The smallest absolute Gasteiger partial charge is 0.253 e. The predicted molar refractivity (Wildman–Crippen MR) is 88.4 cm³/mol. The minimum absolute atomic E-state index is 0.0587. The van der Waals surface area contributed by atoms with Gasteiger partial charge in [-0.15, -0.1) is 11.3 Å². The standard InChI is InChI=1S/C15H18ClN3OS/c1-3-17-14-13(16)8-11(9-18-14)15(20)19-10(2)7-12-5-4-6-21-12/h4-6,8-10H,3,7H2,1-2H3,(H,17,18)(H,19,20). The minimum Gasteiger partial charge on any atom is -0.369 e. The van der Waals surface area contributed by atoms with Gasteiger partial charge in [-0.05, 0) is 31.4 Å². The van der Waals surface area contributed by atoms with E-state index in [-0.39, 0.29) is 11.9 Å². The molecule has 0 aliphatic carbocycles. The van der Waals surface area contributed by atoms with Crippen molar-refractivity contribution in [1.29, 1.82) is 0 Å². The number of nitrogens with zero attached hydrogens (tertiary/aromatic N) is 1. The number of anilines is 1. The molecule has 0 aliphatic heterocycles. The van der Waals surface area contributed by atoms with Gasteiger partial charge in [-0.2, -0.15) is 0 Å². The molecule has 2 N–H and O–H groups in total. The Morgan fingerprint density at radius 2 is 2.33 bits per heavy atom. The van der Waals surface area contributed by atoms with E-state index in [4.69, 9.17) is 11.6 Å². The van der Waals surface area contributed by atoms with E-state index in [9.17, 15) is 4.79 Å². The number of hydrogen-bond donors (Lipinski definition) is 2. The molecule has 0 fully saturated rings. The van der Waals surface area contributed by atoms with Gasteiger partial charge < -0.3 is 10.6 Å². The van der Waals surface area contributed by atoms with Gasteiger partial charge in [-0.1, -0.05) is 17.7 Å². The number of thiophene rings is 1. The minimum atomic E-state index is -0.156. The fourth-order valence-electron chi connectivity index (χ4n) is 1.95. The van der Waals surface area contributed by atoms with Crippen molar-refractivity contribution in [2.45, 2.75) is 26.3 Å². The Balaban J connectivity index is 1.98. The largest absolute Gasteiger partial charge is 0.369 e. The van der Waals surface area contributed by atoms with Crippen LogP contribution in [0.15, 0.2) is 29.8 Å². The summed E-state index contributed by atoms with van der Waals surface area (Å²) in [4.78, 5) is 17.6. The van der Waals surface area contributed by atoms with E-state index in [0.29, 0.717) is 16.4 Å². The highest BCUT2D eigenvalue weighted by Gasteiger charge is 2.13. The molecule has 2 aromatic heterocycles. The molecule has 0 aromatic carbocycles. The van der Waals surface area contributed by atoms with Crippen molar-refractivity contribution < 1.29 is 4.79 Å². The summed E-state index contributed by atoms with van der Waals surface area (Å²) in [5.74, 6) is 0.443. The molecule has 1 amide bonds. The summed E-state index contributed by atoms with van der Waals surface area (Å²) in [6.07, 6.45) is 2.36. The lowest BCUT2D eigenvalue weighted by molar-refractivity contribution is 0.0940. The second-order valence-corrected chi connectivity index (χ2v) is 6.18. The molecule has 1 atom stereocenters. The summed E-state index contributed by atoms with van der Waals surface area (Å²) in [5, 5.41) is 8.49. The van der Waals surface area contributed by atoms with Crippen LogP contribution in [0.3, 0.4) is 0 Å². The Hall–Kier alpha value is -1.59. The molecule has 4 nitrogen and oxygen atoms in total. The van der Waals surface area contributed by atoms with Crippen LogP contribution in [0.5, 0.6) is 0 Å². The van der Waals surface area contributed by atoms with Crippen molar-refractivity contribution in [3.05, 3.63) is 45.2 Å². The molecule has 6 heteroatoms. The fraction of sp³-hybridized carbons (Fsp3) is 0.333. The first kappa shape index (κ1) is 15.8. The lowest BCUT2D eigenvalue weighted by Crippen LogP contribution is -2.34. The molecule has 0 saturated heterocycles. The van der Waals surface area contributed by atoms with E-state index in [1.165, 1.54) is 11.1 Å². The molecule has 2 rings (SSSR count). The number of carbonyl (C=O) groups excluding carboxylic acids is 1. The van der Waals surface area contributed by atoms with Gasteiger partial charge in [0.15, 0.2) is 0 Å². The molecular weight excluding hydrogens is 306 g/mol. The third-order valence-corrected chi connectivity index (χ3v) is 4.10. The Labute approximate surface area is 133 Å². The summed E-state index contributed by atoms with van der Waals surface area (Å²) >= 11 is 7.79. The normalized spacial score (nSPS) is 12.0. The first-order valence-electron chi connectivity index (χ1n) is 6.82. The zero-order chi connectivity index (χ0) is 15.2. The molecule has 112 valence electrons. The van der Waals surface area contributed by atoms with Crippen LogP contribution in [-0.2, 0) is 6.42 Å². The maximum Gasteiger partial charge on any atom is 0.253 e. The van der Waals surface area contributed by atoms with Crippen molar-refractivity contribution in [2.24, 2.45) is 0 Å². The second-order valence-electron chi connectivity index (χ2n) is 4.74. The summed E-state index contributed by atoms with van der Waals surface area (Å²) in [6, 6.07) is 5.78. The SMILES string of the molecule is CCNc1ncc(C(=O)NC(C)Cc2cccs2)cc1Cl. The molecular formula is C15H18ClN3OS. The molecule has 1 unspecified atom stereocenters. The quantitative estimate of drug-likeness (QED) is 0.854. The van der Waals surface area contributed by atoms with Crippen LogP contribution < -0.4 is 10.6 Å². The Kier molecular flexibility index (Phi) is 5.59. The van der Waals surface area contributed by atoms with Crippen LogP contribution in [0.25, 0.3) is 0 Å². The number of carbonyl (C=O) groups is 1. The van der Waals surface area contributed by atoms with Crippen LogP contribution in [0, 0.1) is 0 Å². The molecule has 0 bridgehead atoms. The van der Waals surface area contributed by atoms with E-state index in [2.05, 4.69) is 21.7 Å². The maximum absolute atomic E-state index is 12.2. The van der Waals surface area contributed by atoms with Crippen LogP contribution in [-0.4, -0.2) is 23.5 Å². The Bertz CT molecular complexity index is 601. The molecule has 21 heavy (non-hydrogen) atoms. The number of aromatic nitrogens is 1. The third-order valence-electron chi connectivity index (χ3n) is 2.91. The predicted octanol–water partition coefficient (Wildman–Crippen LogP) is 3.59. The second kappa shape index (κ2) is 7.43. The number of nitrogens with one attached hydrogen (secondary N) is 2. The van der Waals surface area contributed by atoms with Crippen LogP contribution in [0.1, 0.15) is 29.1 Å². The van der Waals surface area contributed by atoms with Gasteiger partial charge in [0, 0.05) is 30.1 Å². The van der Waals surface area contributed by atoms with Crippen molar-refractivity contribution in [2.75, 3.05) is 11.9 Å². The van der Waals surface area contributed by atoms with Crippen molar-refractivity contribution in [3.63, 3.8) is 0 Å². The zero-order valence-electron chi connectivity index (χ0n) is 12.0. The van der Waals surface area contributed by atoms with Crippen molar-refractivity contribution in [3.8, 4) is 0 Å². The van der Waals surface area contributed by atoms with E-state index in [0.717, 1.165) is 13.0 Å². The summed E-state index contributed by atoms with van der Waals surface area (Å²) in [6.45, 7) is 4.68. The molecule has 0 saturated carbocycles. The number of hydrogen-bond acceptors (Lipinski definition) is 4. The molecule has 0 aliphatic rings. The van der Waals surface area contributed by atoms with Gasteiger partial charge in [0.25, 0.3) is 5.91 Å². The highest BCUT2D eigenvalue weighted by atomic mass is 35.5. The average Bonchev–Trinajstić information content (AvgIpc) is 2.93. The number of halogens is 1. The van der Waals surface area contributed by atoms with Gasteiger partial charge in [0.05, 0.1) is 10.6 Å². The number of rotatable bonds is 6. The molecule has 0 radical (unpaired) electrons. The molecule has 0 spiro atoms. The Morgan fingerprint density at radius 3 is 2.95 bits per heavy atom. The van der Waals surface area contributed by atoms with Crippen LogP contribution >= 0.6 is 22.9 Å². The van der Waals surface area contributed by atoms with Gasteiger partial charge >= 0.3 is 0 Å². The zero-order valence-corrected chi connectivity index (χ0v) is 13.6. The topological polar surface area (TPSA) is 54.0 Å². The highest BCUT2D eigenvalue weighted by Crippen LogP contribution is 2.20. The monoisotopic (exact) mass is 323 g/mol. The van der Waals surface area contributed by atoms with Crippen LogP contribution in [0.4, 0.5) is 5.82 Å². The van der Waals surface area contributed by atoms with E-state index >= 15 is 0 Å². The lowest BCUT2D eigenvalue weighted by atomic mass is 10.2. The lowest BCUT2D eigenvalue weighted by Gasteiger charge is -2.13. The van der Waals surface area contributed by atoms with E-state index in [1.54, 1.807) is 17.4 Å². The highest BCUT2D eigenvalue weighted by molar-refractivity contribution is 7.09. The molecule has 2 aromatic rings. The van der Waals surface area contributed by atoms with Gasteiger partial charge in [-0.25, -0.2) is 4.98 Å². The van der Waals surface area contributed by atoms with Gasteiger partial charge in [-0.3, -0.25) is 4.79 Å².